The maximum Gasteiger partial charge on any atom is 0.416 e. The van der Waals surface area contributed by atoms with Gasteiger partial charge in [-0.05, 0) is 37.3 Å². The molecule has 5 nitrogen and oxygen atoms in total. The van der Waals surface area contributed by atoms with Crippen LogP contribution in [0, 0.1) is 5.82 Å². The molecule has 0 radical (unpaired) electrons. The molecule has 3 rings (SSSR count). The number of carbonyl (C=O) groups is 1. The molecule has 1 amide bonds. The van der Waals surface area contributed by atoms with E-state index in [1.54, 1.807) is 22.8 Å². The number of carbonyl (C=O) groups excluding carboxylic acids is 1. The molecule has 2 aromatic carbocycles. The van der Waals surface area contributed by atoms with Gasteiger partial charge in [-0.2, -0.15) is 13.2 Å². The van der Waals surface area contributed by atoms with Gasteiger partial charge < -0.3 is 9.88 Å². The van der Waals surface area contributed by atoms with Gasteiger partial charge in [0.2, 0.25) is 5.91 Å². The van der Waals surface area contributed by atoms with E-state index in [-0.39, 0.29) is 22.0 Å². The van der Waals surface area contributed by atoms with Gasteiger partial charge in [0.1, 0.15) is 5.82 Å². The number of aromatic nitrogens is 3. The van der Waals surface area contributed by atoms with Gasteiger partial charge in [-0.3, -0.25) is 4.79 Å². The molecule has 0 saturated heterocycles. The van der Waals surface area contributed by atoms with Crippen LogP contribution in [0.4, 0.5) is 23.2 Å². The van der Waals surface area contributed by atoms with Crippen molar-refractivity contribution < 1.29 is 22.4 Å². The lowest BCUT2D eigenvalue weighted by atomic mass is 10.2. The summed E-state index contributed by atoms with van der Waals surface area (Å²) >= 11 is 6.92. The minimum atomic E-state index is -4.56. The van der Waals surface area contributed by atoms with Gasteiger partial charge in [-0.1, -0.05) is 35.5 Å². The fourth-order valence-corrected chi connectivity index (χ4v) is 3.60. The summed E-state index contributed by atoms with van der Waals surface area (Å²) < 4.78 is 54.3. The molecule has 158 valence electrons. The molecule has 30 heavy (non-hydrogen) atoms. The van der Waals surface area contributed by atoms with Crippen LogP contribution >= 0.6 is 23.4 Å². The van der Waals surface area contributed by atoms with E-state index in [1.165, 1.54) is 6.07 Å². The van der Waals surface area contributed by atoms with Crippen molar-refractivity contribution in [3.05, 3.63) is 58.9 Å². The second kappa shape index (κ2) is 9.05. The third-order valence-corrected chi connectivity index (χ3v) is 5.34. The maximum absolute atomic E-state index is 14.1. The highest BCUT2D eigenvalue weighted by Crippen LogP contribution is 2.34. The molecule has 0 aliphatic rings. The Kier molecular flexibility index (Phi) is 6.67. The van der Waals surface area contributed by atoms with Gasteiger partial charge in [0, 0.05) is 6.54 Å². The average Bonchev–Trinajstić information content (AvgIpc) is 3.10. The SMILES string of the molecule is CCn1c(SCC(=O)Nc2cc(C(F)(F)F)ccc2Cl)nnc1-c1ccccc1F. The minimum absolute atomic E-state index is 0.0140. The first-order valence-corrected chi connectivity index (χ1v) is 10.0. The number of rotatable bonds is 6. The Hall–Kier alpha value is -2.59. The lowest BCUT2D eigenvalue weighted by Crippen LogP contribution is -2.16. The van der Waals surface area contributed by atoms with Gasteiger partial charge in [-0.25, -0.2) is 4.39 Å². The zero-order chi connectivity index (χ0) is 21.9. The summed E-state index contributed by atoms with van der Waals surface area (Å²) in [6, 6.07) is 8.79. The van der Waals surface area contributed by atoms with Crippen molar-refractivity contribution >= 4 is 35.0 Å². The highest BCUT2D eigenvalue weighted by atomic mass is 35.5. The van der Waals surface area contributed by atoms with E-state index in [0.717, 1.165) is 30.0 Å². The number of halogens is 5. The third-order valence-electron chi connectivity index (χ3n) is 4.05. The predicted molar refractivity (Wildman–Crippen MR) is 107 cm³/mol. The van der Waals surface area contributed by atoms with Crippen molar-refractivity contribution in [3.63, 3.8) is 0 Å². The summed E-state index contributed by atoms with van der Waals surface area (Å²) in [4.78, 5) is 12.2. The summed E-state index contributed by atoms with van der Waals surface area (Å²) in [6.07, 6.45) is -4.56. The summed E-state index contributed by atoms with van der Waals surface area (Å²) in [5, 5.41) is 10.7. The highest BCUT2D eigenvalue weighted by molar-refractivity contribution is 7.99. The monoisotopic (exact) mass is 458 g/mol. The highest BCUT2D eigenvalue weighted by Gasteiger charge is 2.31. The molecular weight excluding hydrogens is 444 g/mol. The van der Waals surface area contributed by atoms with Crippen molar-refractivity contribution in [2.45, 2.75) is 24.8 Å². The molecule has 1 heterocycles. The summed E-state index contributed by atoms with van der Waals surface area (Å²) in [7, 11) is 0. The largest absolute Gasteiger partial charge is 0.416 e. The predicted octanol–water partition coefficient (Wildman–Crippen LogP) is 5.51. The van der Waals surface area contributed by atoms with E-state index >= 15 is 0 Å². The minimum Gasteiger partial charge on any atom is -0.324 e. The maximum atomic E-state index is 14.1. The van der Waals surface area contributed by atoms with E-state index in [2.05, 4.69) is 15.5 Å². The average molecular weight is 459 g/mol. The van der Waals surface area contributed by atoms with Crippen LogP contribution in [-0.2, 0) is 17.5 Å². The van der Waals surface area contributed by atoms with E-state index in [1.807, 2.05) is 6.92 Å². The summed E-state index contributed by atoms with van der Waals surface area (Å²) in [6.45, 7) is 2.25. The Morgan fingerprint density at radius 3 is 2.60 bits per heavy atom. The van der Waals surface area contributed by atoms with Gasteiger partial charge in [-0.15, -0.1) is 10.2 Å². The zero-order valence-corrected chi connectivity index (χ0v) is 17.1. The number of thioether (sulfide) groups is 1. The van der Waals surface area contributed by atoms with Gasteiger partial charge >= 0.3 is 6.18 Å². The van der Waals surface area contributed by atoms with Crippen LogP contribution < -0.4 is 5.32 Å². The zero-order valence-electron chi connectivity index (χ0n) is 15.5. The van der Waals surface area contributed by atoms with Gasteiger partial charge in [0.25, 0.3) is 0 Å². The van der Waals surface area contributed by atoms with Crippen molar-refractivity contribution in [2.24, 2.45) is 0 Å². The van der Waals surface area contributed by atoms with Crippen molar-refractivity contribution in [1.29, 1.82) is 0 Å². The molecular formula is C19H15ClF4N4OS. The molecule has 0 fully saturated rings. The first-order chi connectivity index (χ1) is 14.2. The number of nitrogens with one attached hydrogen (secondary N) is 1. The van der Waals surface area contributed by atoms with Crippen molar-refractivity contribution in [2.75, 3.05) is 11.1 Å². The summed E-state index contributed by atoms with van der Waals surface area (Å²) in [5.41, 5.74) is -0.782. The van der Waals surface area contributed by atoms with Gasteiger partial charge in [0.05, 0.1) is 27.6 Å². The van der Waals surface area contributed by atoms with Crippen LogP contribution in [0.15, 0.2) is 47.6 Å². The molecule has 0 saturated carbocycles. The quantitative estimate of drug-likeness (QED) is 0.391. The standard InChI is InChI=1S/C19H15ClF4N4OS/c1-2-28-17(12-5-3-4-6-14(12)21)26-27-18(28)30-10-16(29)25-15-9-11(19(22,23)24)7-8-13(15)20/h3-9H,2,10H2,1H3,(H,25,29). The van der Waals surface area contributed by atoms with E-state index in [4.69, 9.17) is 11.6 Å². The molecule has 11 heteroatoms. The Bertz CT molecular complexity index is 1070. The van der Waals surface area contributed by atoms with Crippen LogP contribution in [0.5, 0.6) is 0 Å². The number of amides is 1. The normalized spacial score (nSPS) is 11.5. The molecule has 3 aromatic rings. The van der Waals surface area contributed by atoms with Crippen molar-refractivity contribution in [3.8, 4) is 11.4 Å². The Morgan fingerprint density at radius 1 is 1.20 bits per heavy atom. The lowest BCUT2D eigenvalue weighted by Gasteiger charge is -2.12. The van der Waals surface area contributed by atoms with E-state index < -0.39 is 23.5 Å². The first-order valence-electron chi connectivity index (χ1n) is 8.68. The molecule has 0 aliphatic heterocycles. The molecule has 1 N–H and O–H groups in total. The van der Waals surface area contributed by atoms with Crippen LogP contribution in [0.2, 0.25) is 5.02 Å². The lowest BCUT2D eigenvalue weighted by molar-refractivity contribution is -0.137. The van der Waals surface area contributed by atoms with E-state index in [9.17, 15) is 22.4 Å². The Morgan fingerprint density at radius 2 is 1.93 bits per heavy atom. The smallest absolute Gasteiger partial charge is 0.324 e. The van der Waals surface area contributed by atoms with E-state index in [0.29, 0.717) is 17.5 Å². The number of hydrogen-bond acceptors (Lipinski definition) is 4. The second-order valence-electron chi connectivity index (χ2n) is 6.06. The second-order valence-corrected chi connectivity index (χ2v) is 7.41. The number of benzene rings is 2. The molecule has 0 aliphatic carbocycles. The van der Waals surface area contributed by atoms with Crippen LogP contribution in [0.3, 0.4) is 0 Å². The third kappa shape index (κ3) is 4.93. The number of alkyl halides is 3. The molecule has 1 aromatic heterocycles. The Labute approximate surface area is 178 Å². The molecule has 0 atom stereocenters. The number of nitrogens with zero attached hydrogens (tertiary/aromatic N) is 3. The molecule has 0 bridgehead atoms. The van der Waals surface area contributed by atoms with Gasteiger partial charge in [0.15, 0.2) is 11.0 Å². The molecule has 0 unspecified atom stereocenters. The van der Waals surface area contributed by atoms with Crippen molar-refractivity contribution in [1.82, 2.24) is 14.8 Å². The fourth-order valence-electron chi connectivity index (χ4n) is 2.64. The fraction of sp³-hybridized carbons (Fsp3) is 0.211. The van der Waals surface area contributed by atoms with Crippen LogP contribution in [0.1, 0.15) is 12.5 Å². The van der Waals surface area contributed by atoms with Crippen LogP contribution in [-0.4, -0.2) is 26.4 Å². The first kappa shape index (κ1) is 22.1. The topological polar surface area (TPSA) is 59.8 Å². The Balaban J connectivity index is 1.72. The summed E-state index contributed by atoms with van der Waals surface area (Å²) in [5.74, 6) is -0.853. The number of anilines is 1. The van der Waals surface area contributed by atoms with Crippen LogP contribution in [0.25, 0.3) is 11.4 Å². The molecule has 0 spiro atoms. The number of hydrogen-bond donors (Lipinski definition) is 1.